The highest BCUT2D eigenvalue weighted by Crippen LogP contribution is 2.59. The molecule has 0 spiro atoms. The summed E-state index contributed by atoms with van der Waals surface area (Å²) in [6.45, 7) is 0. The third kappa shape index (κ3) is 3.28. The molecule has 2 atom stereocenters. The van der Waals surface area contributed by atoms with E-state index in [2.05, 4.69) is 23.9 Å². The average Bonchev–Trinajstić information content (AvgIpc) is 2.80. The first-order valence-electron chi connectivity index (χ1n) is 14.9. The lowest BCUT2D eigenvalue weighted by Gasteiger charge is -2.61. The molecule has 9 rings (SSSR count). The Labute approximate surface area is 206 Å². The van der Waals surface area contributed by atoms with Crippen molar-refractivity contribution in [1.82, 2.24) is 9.80 Å². The second kappa shape index (κ2) is 7.72. The van der Waals surface area contributed by atoms with Crippen LogP contribution in [0.4, 0.5) is 0 Å². The van der Waals surface area contributed by atoms with Crippen LogP contribution in [0.1, 0.15) is 103 Å². The summed E-state index contributed by atoms with van der Waals surface area (Å²) in [5.74, 6) is 5.50. The number of carbonyl (C=O) groups is 2. The number of rotatable bonds is 4. The molecule has 4 nitrogen and oxygen atoms in total. The van der Waals surface area contributed by atoms with E-state index in [-0.39, 0.29) is 22.9 Å². The van der Waals surface area contributed by atoms with Crippen LogP contribution in [0.15, 0.2) is 0 Å². The lowest BCUT2D eigenvalue weighted by molar-refractivity contribution is -0.164. The molecule has 0 heterocycles. The molecule has 0 aliphatic heterocycles. The summed E-state index contributed by atoms with van der Waals surface area (Å²) in [6.07, 6.45) is 19.8. The van der Waals surface area contributed by atoms with Gasteiger partial charge in [0.05, 0.1) is 0 Å². The van der Waals surface area contributed by atoms with Gasteiger partial charge in [0.2, 0.25) is 11.8 Å². The van der Waals surface area contributed by atoms with Gasteiger partial charge in [-0.15, -0.1) is 0 Å². The van der Waals surface area contributed by atoms with E-state index < -0.39 is 0 Å². The van der Waals surface area contributed by atoms with Crippen LogP contribution >= 0.6 is 0 Å². The Bertz CT molecular complexity index is 723. The van der Waals surface area contributed by atoms with Crippen molar-refractivity contribution in [2.45, 2.75) is 114 Å². The Morgan fingerprint density at radius 1 is 0.529 bits per heavy atom. The molecule has 0 aromatic heterocycles. The standard InChI is InChI=1S/C30H46N2O2/c1-31(29-13-19-7-20(14-29)9-21(8-19)15-29)27(33)25-5-3-4-6-26(25)28(34)32(2)30-16-22-10-23(17-30)12-24(11-22)18-30/h19-26H,3-18H2,1-2H3. The van der Waals surface area contributed by atoms with Gasteiger partial charge < -0.3 is 9.80 Å². The van der Waals surface area contributed by atoms with E-state index in [0.717, 1.165) is 61.2 Å². The van der Waals surface area contributed by atoms with Crippen molar-refractivity contribution < 1.29 is 9.59 Å². The van der Waals surface area contributed by atoms with E-state index >= 15 is 0 Å². The first-order chi connectivity index (χ1) is 16.3. The van der Waals surface area contributed by atoms with E-state index in [1.54, 1.807) is 0 Å². The fourth-order valence-electron chi connectivity index (χ4n) is 11.6. The van der Waals surface area contributed by atoms with E-state index in [0.29, 0.717) is 11.8 Å². The second-order valence-corrected chi connectivity index (χ2v) is 14.6. The fraction of sp³-hybridized carbons (Fsp3) is 0.933. The second-order valence-electron chi connectivity index (χ2n) is 14.6. The lowest BCUT2D eigenvalue weighted by atomic mass is 9.52. The van der Waals surface area contributed by atoms with Gasteiger partial charge in [-0.05, 0) is 125 Å². The summed E-state index contributed by atoms with van der Waals surface area (Å²) in [4.78, 5) is 32.8. The summed E-state index contributed by atoms with van der Waals surface area (Å²) < 4.78 is 0. The Morgan fingerprint density at radius 3 is 1.06 bits per heavy atom. The fourth-order valence-corrected chi connectivity index (χ4v) is 11.6. The predicted octanol–water partition coefficient (Wildman–Crippen LogP) is 5.65. The molecule has 2 unspecified atom stereocenters. The molecular weight excluding hydrogens is 420 g/mol. The van der Waals surface area contributed by atoms with Crippen LogP contribution in [0.25, 0.3) is 0 Å². The molecule has 9 saturated carbocycles. The van der Waals surface area contributed by atoms with Gasteiger partial charge in [0.25, 0.3) is 0 Å². The molecule has 0 radical (unpaired) electrons. The largest absolute Gasteiger partial charge is 0.340 e. The monoisotopic (exact) mass is 466 g/mol. The van der Waals surface area contributed by atoms with Gasteiger partial charge in [-0.25, -0.2) is 0 Å². The SMILES string of the molecule is CN(C(=O)C1CCCCC1C(=O)N(C)C12CC3CC(CC(C3)C1)C2)C12CC3CC(CC(C3)C1)C2. The summed E-state index contributed by atoms with van der Waals surface area (Å²) in [5.41, 5.74) is 0.200. The third-order valence-corrected chi connectivity index (χ3v) is 12.5. The van der Waals surface area contributed by atoms with E-state index in [4.69, 9.17) is 0 Å². The molecule has 0 saturated heterocycles. The number of nitrogens with zero attached hydrogens (tertiary/aromatic N) is 2. The first-order valence-corrected chi connectivity index (χ1v) is 14.9. The Hall–Kier alpha value is -1.06. The molecule has 9 aliphatic rings. The van der Waals surface area contributed by atoms with Crippen LogP contribution in [0.5, 0.6) is 0 Å². The average molecular weight is 467 g/mol. The van der Waals surface area contributed by atoms with Crippen LogP contribution in [0.3, 0.4) is 0 Å². The molecule has 8 bridgehead atoms. The number of hydrogen-bond donors (Lipinski definition) is 0. The van der Waals surface area contributed by atoms with Gasteiger partial charge in [-0.1, -0.05) is 12.8 Å². The highest BCUT2D eigenvalue weighted by molar-refractivity contribution is 5.88. The first kappa shape index (κ1) is 22.2. The van der Waals surface area contributed by atoms with Gasteiger partial charge in [0.15, 0.2) is 0 Å². The normalized spacial score (nSPS) is 50.4. The van der Waals surface area contributed by atoms with Crippen molar-refractivity contribution in [2.24, 2.45) is 47.3 Å². The van der Waals surface area contributed by atoms with Crippen LogP contribution in [0.2, 0.25) is 0 Å². The van der Waals surface area contributed by atoms with Crippen LogP contribution in [-0.2, 0) is 9.59 Å². The highest BCUT2D eigenvalue weighted by Gasteiger charge is 2.57. The molecule has 0 aromatic rings. The molecule has 9 fully saturated rings. The Morgan fingerprint density at radius 2 is 0.794 bits per heavy atom. The summed E-state index contributed by atoms with van der Waals surface area (Å²) in [7, 11) is 4.24. The number of amides is 2. The smallest absolute Gasteiger partial charge is 0.226 e. The zero-order valence-corrected chi connectivity index (χ0v) is 21.6. The molecule has 34 heavy (non-hydrogen) atoms. The minimum Gasteiger partial charge on any atom is -0.340 e. The quantitative estimate of drug-likeness (QED) is 0.537. The topological polar surface area (TPSA) is 40.6 Å². The van der Waals surface area contributed by atoms with E-state index in [9.17, 15) is 9.59 Å². The van der Waals surface area contributed by atoms with Crippen molar-refractivity contribution in [3.8, 4) is 0 Å². The van der Waals surface area contributed by atoms with Crippen molar-refractivity contribution in [3.05, 3.63) is 0 Å². The molecule has 188 valence electrons. The molecule has 4 heteroatoms. The van der Waals surface area contributed by atoms with Crippen LogP contribution < -0.4 is 0 Å². The third-order valence-electron chi connectivity index (χ3n) is 12.5. The van der Waals surface area contributed by atoms with Gasteiger partial charge >= 0.3 is 0 Å². The van der Waals surface area contributed by atoms with Gasteiger partial charge in [-0.3, -0.25) is 9.59 Å². The van der Waals surface area contributed by atoms with Crippen LogP contribution in [0, 0.1) is 47.3 Å². The molecular formula is C30H46N2O2. The maximum atomic E-state index is 14.2. The summed E-state index contributed by atoms with van der Waals surface area (Å²) >= 11 is 0. The molecule has 9 aliphatic carbocycles. The maximum absolute atomic E-state index is 14.2. The predicted molar refractivity (Wildman–Crippen MR) is 133 cm³/mol. The minimum absolute atomic E-state index is 0.0874. The van der Waals surface area contributed by atoms with E-state index in [1.807, 2.05) is 0 Å². The maximum Gasteiger partial charge on any atom is 0.226 e. The highest BCUT2D eigenvalue weighted by atomic mass is 16.2. The molecule has 0 aromatic carbocycles. The summed E-state index contributed by atoms with van der Waals surface area (Å²) in [5, 5.41) is 0. The molecule has 2 amide bonds. The Balaban J connectivity index is 1.11. The van der Waals surface area contributed by atoms with Gasteiger partial charge in [-0.2, -0.15) is 0 Å². The minimum atomic E-state index is -0.0874. The molecule has 0 N–H and O–H groups in total. The van der Waals surface area contributed by atoms with Crippen molar-refractivity contribution in [3.63, 3.8) is 0 Å². The van der Waals surface area contributed by atoms with Gasteiger partial charge in [0, 0.05) is 37.0 Å². The Kier molecular flexibility index (Phi) is 5.03. The van der Waals surface area contributed by atoms with Crippen molar-refractivity contribution >= 4 is 11.8 Å². The lowest BCUT2D eigenvalue weighted by Crippen LogP contribution is -2.63. The van der Waals surface area contributed by atoms with Crippen molar-refractivity contribution in [2.75, 3.05) is 14.1 Å². The van der Waals surface area contributed by atoms with Crippen molar-refractivity contribution in [1.29, 1.82) is 0 Å². The zero-order chi connectivity index (χ0) is 23.2. The summed E-state index contributed by atoms with van der Waals surface area (Å²) in [6, 6.07) is 0. The van der Waals surface area contributed by atoms with Crippen LogP contribution in [-0.4, -0.2) is 46.8 Å². The van der Waals surface area contributed by atoms with E-state index in [1.165, 1.54) is 77.0 Å². The number of carbonyl (C=O) groups excluding carboxylic acids is 2. The van der Waals surface area contributed by atoms with Gasteiger partial charge in [0.1, 0.15) is 0 Å². The number of hydrogen-bond acceptors (Lipinski definition) is 2. The zero-order valence-electron chi connectivity index (χ0n) is 21.6.